The van der Waals surface area contributed by atoms with Crippen molar-refractivity contribution in [1.82, 2.24) is 9.36 Å². The van der Waals surface area contributed by atoms with Gasteiger partial charge in [0.05, 0.1) is 29.4 Å². The van der Waals surface area contributed by atoms with E-state index in [-0.39, 0.29) is 5.56 Å². The van der Waals surface area contributed by atoms with Crippen molar-refractivity contribution in [2.75, 3.05) is 7.11 Å². The van der Waals surface area contributed by atoms with Gasteiger partial charge in [-0.2, -0.15) is 0 Å². The van der Waals surface area contributed by atoms with Crippen molar-refractivity contribution in [3.05, 3.63) is 107 Å². The van der Waals surface area contributed by atoms with E-state index in [9.17, 15) is 9.59 Å². The summed E-state index contributed by atoms with van der Waals surface area (Å²) < 4.78 is 14.6. The van der Waals surface area contributed by atoms with E-state index >= 15 is 0 Å². The Hall–Kier alpha value is -4.43. The molecule has 5 rings (SSSR count). The molecule has 8 heteroatoms. The highest BCUT2D eigenvalue weighted by molar-refractivity contribution is 7.99. The van der Waals surface area contributed by atoms with Gasteiger partial charge in [-0.1, -0.05) is 75.0 Å². The quantitative estimate of drug-likeness (QED) is 0.260. The molecule has 0 unspecified atom stereocenters. The Bertz CT molecular complexity index is 1720. The van der Waals surface area contributed by atoms with Crippen LogP contribution in [0.3, 0.4) is 0 Å². The first kappa shape index (κ1) is 26.2. The van der Waals surface area contributed by atoms with Crippen molar-refractivity contribution in [3.8, 4) is 22.9 Å². The van der Waals surface area contributed by atoms with Crippen LogP contribution >= 0.6 is 11.8 Å². The molecule has 0 saturated carbocycles. The van der Waals surface area contributed by atoms with Crippen molar-refractivity contribution in [2.45, 2.75) is 36.0 Å². The molecule has 5 aromatic rings. The topological polar surface area (TPSA) is 88.5 Å². The number of hydrogen-bond donors (Lipinski definition) is 1. The first-order chi connectivity index (χ1) is 18.7. The summed E-state index contributed by atoms with van der Waals surface area (Å²) in [6.45, 7) is 6.05. The fourth-order valence-corrected chi connectivity index (χ4v) is 6.07. The summed E-state index contributed by atoms with van der Waals surface area (Å²) in [5.74, 6) is 1.00. The Morgan fingerprint density at radius 3 is 2.03 bits per heavy atom. The summed E-state index contributed by atoms with van der Waals surface area (Å²) in [6, 6.07) is 28.4. The smallest absolute Gasteiger partial charge is 0.409 e. The molecule has 0 fully saturated rings. The minimum Gasteiger partial charge on any atom is -0.497 e. The minimum atomic E-state index is -0.923. The first-order valence-electron chi connectivity index (χ1n) is 12.4. The zero-order chi connectivity index (χ0) is 27.7. The van der Waals surface area contributed by atoms with Gasteiger partial charge < -0.3 is 15.2 Å². The lowest BCUT2D eigenvalue weighted by molar-refractivity contribution is 0.210. The van der Waals surface area contributed by atoms with Gasteiger partial charge in [-0.25, -0.2) is 14.2 Å². The maximum absolute atomic E-state index is 14.4. The highest BCUT2D eigenvalue weighted by Crippen LogP contribution is 2.46. The van der Waals surface area contributed by atoms with Crippen LogP contribution in [-0.4, -0.2) is 22.6 Å². The van der Waals surface area contributed by atoms with Crippen LogP contribution in [0.25, 0.3) is 22.3 Å². The second-order valence-corrected chi connectivity index (χ2v) is 11.1. The summed E-state index contributed by atoms with van der Waals surface area (Å²) in [6.07, 6.45) is -0.923. The number of ether oxygens (including phenoxy) is 2. The predicted molar refractivity (Wildman–Crippen MR) is 155 cm³/mol. The molecule has 0 aliphatic carbocycles. The van der Waals surface area contributed by atoms with Gasteiger partial charge in [0, 0.05) is 21.4 Å². The zero-order valence-corrected chi connectivity index (χ0v) is 23.0. The van der Waals surface area contributed by atoms with Crippen molar-refractivity contribution < 1.29 is 14.3 Å². The van der Waals surface area contributed by atoms with Gasteiger partial charge in [-0.3, -0.25) is 4.79 Å². The molecule has 0 bridgehead atoms. The van der Waals surface area contributed by atoms with Crippen LogP contribution in [0, 0.1) is 0 Å². The van der Waals surface area contributed by atoms with E-state index < -0.39 is 11.5 Å². The van der Waals surface area contributed by atoms with Gasteiger partial charge in [0.25, 0.3) is 5.56 Å². The number of carbonyl (C=O) groups is 1. The Balaban J connectivity index is 1.96. The van der Waals surface area contributed by atoms with Crippen LogP contribution in [0.4, 0.5) is 4.79 Å². The molecule has 0 atom stereocenters. The number of amides is 1. The predicted octanol–water partition coefficient (Wildman–Crippen LogP) is 6.70. The molecule has 7 nitrogen and oxygen atoms in total. The monoisotopic (exact) mass is 539 g/mol. The van der Waals surface area contributed by atoms with Crippen molar-refractivity contribution in [3.63, 3.8) is 0 Å². The largest absolute Gasteiger partial charge is 0.497 e. The molecule has 4 aromatic carbocycles. The van der Waals surface area contributed by atoms with E-state index in [1.54, 1.807) is 17.9 Å². The molecule has 1 amide bonds. The van der Waals surface area contributed by atoms with Crippen molar-refractivity contribution in [1.29, 1.82) is 0 Å². The van der Waals surface area contributed by atoms with Crippen LogP contribution in [0.15, 0.2) is 106 Å². The molecular weight excluding hydrogens is 510 g/mol. The number of para-hydroxylation sites is 2. The molecular formula is C31H29N3O4S. The number of nitrogens with two attached hydrogens (primary N) is 1. The summed E-state index contributed by atoms with van der Waals surface area (Å²) in [7, 11) is 1.61. The minimum absolute atomic E-state index is 0.193. The van der Waals surface area contributed by atoms with Crippen LogP contribution in [0.2, 0.25) is 0 Å². The first-order valence-corrected chi connectivity index (χ1v) is 13.3. The third-order valence-corrected chi connectivity index (χ3v) is 7.38. The Labute approximate surface area is 230 Å². The van der Waals surface area contributed by atoms with E-state index in [0.717, 1.165) is 10.6 Å². The second-order valence-electron chi connectivity index (χ2n) is 10.0. The van der Waals surface area contributed by atoms with Gasteiger partial charge in [0.1, 0.15) is 11.5 Å². The van der Waals surface area contributed by atoms with E-state index in [1.807, 2.05) is 110 Å². The van der Waals surface area contributed by atoms with E-state index in [2.05, 4.69) is 0 Å². The molecule has 0 radical (unpaired) electrons. The Kier molecular flexibility index (Phi) is 6.97. The SMILES string of the molecule is COc1cccc(Sc2c(C(C)(C)C)c(OC(N)=O)cc3c2c(=O)n(-c2ccccc2)n3-c2ccccc2)c1. The van der Waals surface area contributed by atoms with Gasteiger partial charge >= 0.3 is 6.09 Å². The highest BCUT2D eigenvalue weighted by Gasteiger charge is 2.31. The molecule has 0 aliphatic heterocycles. The average Bonchev–Trinajstić information content (AvgIpc) is 3.20. The lowest BCUT2D eigenvalue weighted by atomic mass is 9.85. The van der Waals surface area contributed by atoms with Crippen molar-refractivity contribution >= 4 is 28.8 Å². The van der Waals surface area contributed by atoms with Gasteiger partial charge in [-0.05, 0) is 47.9 Å². The molecule has 0 aliphatic rings. The Morgan fingerprint density at radius 1 is 0.846 bits per heavy atom. The molecule has 2 N–H and O–H groups in total. The second kappa shape index (κ2) is 10.4. The number of rotatable bonds is 6. The number of methoxy groups -OCH3 is 1. The van der Waals surface area contributed by atoms with Crippen molar-refractivity contribution in [2.24, 2.45) is 5.73 Å². The van der Waals surface area contributed by atoms with Gasteiger partial charge in [-0.15, -0.1) is 0 Å². The Morgan fingerprint density at radius 2 is 1.46 bits per heavy atom. The highest BCUT2D eigenvalue weighted by atomic mass is 32.2. The normalized spacial score (nSPS) is 11.5. The molecule has 1 aromatic heterocycles. The standard InChI is InChI=1S/C31H29N3O4S/c1-31(2,3)27-25(38-30(32)36)19-24-26(28(27)39-23-17-11-16-22(18-23)37-4)29(35)34(21-14-9-6-10-15-21)33(24)20-12-7-5-8-13-20/h5-19H,1-4H3,(H2,32,36). The van der Waals surface area contributed by atoms with E-state index in [1.165, 1.54) is 11.8 Å². The summed E-state index contributed by atoms with van der Waals surface area (Å²) in [5, 5.41) is 0.511. The summed E-state index contributed by atoms with van der Waals surface area (Å²) >= 11 is 1.43. The lowest BCUT2D eigenvalue weighted by Crippen LogP contribution is -2.22. The molecule has 1 heterocycles. The van der Waals surface area contributed by atoms with Crippen LogP contribution < -0.4 is 20.8 Å². The summed E-state index contributed by atoms with van der Waals surface area (Å²) in [4.78, 5) is 28.1. The maximum Gasteiger partial charge on any atom is 0.409 e. The zero-order valence-electron chi connectivity index (χ0n) is 22.2. The fourth-order valence-electron chi connectivity index (χ4n) is 4.71. The average molecular weight is 540 g/mol. The maximum atomic E-state index is 14.4. The van der Waals surface area contributed by atoms with Gasteiger partial charge in [0.2, 0.25) is 0 Å². The fraction of sp³-hybridized carbons (Fsp3) is 0.161. The van der Waals surface area contributed by atoms with Crippen LogP contribution in [-0.2, 0) is 5.41 Å². The number of fused-ring (bicyclic) bond motifs is 1. The molecule has 0 spiro atoms. The van der Waals surface area contributed by atoms with E-state index in [4.69, 9.17) is 15.2 Å². The van der Waals surface area contributed by atoms with Gasteiger partial charge in [0.15, 0.2) is 0 Å². The van der Waals surface area contributed by atoms with Crippen LogP contribution in [0.5, 0.6) is 11.5 Å². The lowest BCUT2D eigenvalue weighted by Gasteiger charge is -2.26. The number of aromatic nitrogens is 2. The molecule has 198 valence electrons. The molecule has 39 heavy (non-hydrogen) atoms. The third-order valence-electron chi connectivity index (χ3n) is 6.28. The van der Waals surface area contributed by atoms with E-state index in [0.29, 0.717) is 38.5 Å². The van der Waals surface area contributed by atoms with Crippen LogP contribution in [0.1, 0.15) is 26.3 Å². The number of benzene rings is 4. The number of carbonyl (C=O) groups excluding carboxylic acids is 1. The summed E-state index contributed by atoms with van der Waals surface area (Å²) in [5.41, 5.74) is 7.62. The number of hydrogen-bond acceptors (Lipinski definition) is 5. The number of nitrogens with zero attached hydrogens (tertiary/aromatic N) is 2. The number of primary amides is 1. The molecule has 0 saturated heterocycles. The third kappa shape index (κ3) is 5.03.